The summed E-state index contributed by atoms with van der Waals surface area (Å²) in [5.74, 6) is 0. The van der Waals surface area contributed by atoms with E-state index in [-0.39, 0.29) is 4.90 Å². The summed E-state index contributed by atoms with van der Waals surface area (Å²) in [7, 11) is -3.60. The zero-order valence-electron chi connectivity index (χ0n) is 6.82. The SMILES string of the molecule is [2H]C(=C)S(=O)(=O)c1ccccc1. The van der Waals surface area contributed by atoms with Crippen molar-refractivity contribution in [1.29, 1.82) is 0 Å². The van der Waals surface area contributed by atoms with Gasteiger partial charge in [0.25, 0.3) is 0 Å². The Morgan fingerprint density at radius 2 is 1.91 bits per heavy atom. The summed E-state index contributed by atoms with van der Waals surface area (Å²) >= 11 is 0. The van der Waals surface area contributed by atoms with E-state index in [9.17, 15) is 8.42 Å². The van der Waals surface area contributed by atoms with Crippen molar-refractivity contribution >= 4 is 9.84 Å². The zero-order valence-corrected chi connectivity index (χ0v) is 6.64. The molecule has 0 saturated heterocycles. The van der Waals surface area contributed by atoms with Gasteiger partial charge in [0, 0.05) is 5.38 Å². The maximum Gasteiger partial charge on any atom is 0.199 e. The van der Waals surface area contributed by atoms with Crippen LogP contribution in [0.4, 0.5) is 0 Å². The van der Waals surface area contributed by atoms with Gasteiger partial charge in [0.05, 0.1) is 6.27 Å². The molecule has 0 unspecified atom stereocenters. The Morgan fingerprint density at radius 3 is 2.36 bits per heavy atom. The first kappa shape index (κ1) is 6.61. The van der Waals surface area contributed by atoms with Crippen molar-refractivity contribution in [2.24, 2.45) is 0 Å². The van der Waals surface area contributed by atoms with Gasteiger partial charge in [-0.1, -0.05) is 24.8 Å². The van der Waals surface area contributed by atoms with Gasteiger partial charge in [0.2, 0.25) is 0 Å². The average Bonchev–Trinajstić information content (AvgIpc) is 2.06. The summed E-state index contributed by atoms with van der Waals surface area (Å²) in [6, 6.07) is 7.81. The van der Waals surface area contributed by atoms with Gasteiger partial charge >= 0.3 is 0 Å². The van der Waals surface area contributed by atoms with E-state index in [1.807, 2.05) is 0 Å². The zero-order chi connectivity index (χ0) is 9.19. The molecule has 0 aliphatic rings. The highest BCUT2D eigenvalue weighted by Gasteiger charge is 2.06. The van der Waals surface area contributed by atoms with Crippen LogP contribution in [0.5, 0.6) is 0 Å². The van der Waals surface area contributed by atoms with Crippen LogP contribution in [0.2, 0.25) is 0 Å². The fraction of sp³-hybridized carbons (Fsp3) is 0. The number of hydrogen-bond acceptors (Lipinski definition) is 2. The van der Waals surface area contributed by atoms with Gasteiger partial charge in [0.1, 0.15) is 0 Å². The van der Waals surface area contributed by atoms with E-state index < -0.39 is 15.2 Å². The van der Waals surface area contributed by atoms with Crippen LogP contribution >= 0.6 is 0 Å². The molecule has 0 atom stereocenters. The molecule has 0 saturated carbocycles. The molecule has 0 fully saturated rings. The van der Waals surface area contributed by atoms with E-state index in [1.54, 1.807) is 18.2 Å². The van der Waals surface area contributed by atoms with E-state index in [0.717, 1.165) is 0 Å². The molecule has 0 aromatic heterocycles. The lowest BCUT2D eigenvalue weighted by Gasteiger charge is -1.95. The van der Waals surface area contributed by atoms with Crippen LogP contribution < -0.4 is 0 Å². The highest BCUT2D eigenvalue weighted by atomic mass is 32.2. The quantitative estimate of drug-likeness (QED) is 0.674. The van der Waals surface area contributed by atoms with Gasteiger partial charge in [0.15, 0.2) is 9.84 Å². The summed E-state index contributed by atoms with van der Waals surface area (Å²) in [5, 5.41) is -0.575. The highest BCUT2D eigenvalue weighted by Crippen LogP contribution is 2.09. The van der Waals surface area contributed by atoms with Crippen molar-refractivity contribution in [1.82, 2.24) is 0 Å². The van der Waals surface area contributed by atoms with Crippen molar-refractivity contribution in [3.05, 3.63) is 42.3 Å². The molecule has 11 heavy (non-hydrogen) atoms. The molecule has 1 aromatic rings. The molecule has 0 spiro atoms. The first-order chi connectivity index (χ1) is 5.55. The molecular weight excluding hydrogens is 160 g/mol. The van der Waals surface area contributed by atoms with Gasteiger partial charge in [-0.3, -0.25) is 0 Å². The van der Waals surface area contributed by atoms with E-state index in [0.29, 0.717) is 0 Å². The largest absolute Gasteiger partial charge is 0.219 e. The van der Waals surface area contributed by atoms with Crippen LogP contribution in [0, 0.1) is 0 Å². The van der Waals surface area contributed by atoms with Crippen LogP contribution in [0.1, 0.15) is 1.37 Å². The van der Waals surface area contributed by atoms with E-state index in [4.69, 9.17) is 1.37 Å². The Labute approximate surface area is 67.5 Å². The number of sulfone groups is 1. The predicted octanol–water partition coefficient (Wildman–Crippen LogP) is 1.60. The molecule has 58 valence electrons. The van der Waals surface area contributed by atoms with Crippen LogP contribution in [-0.4, -0.2) is 8.42 Å². The van der Waals surface area contributed by atoms with Crippen molar-refractivity contribution < 1.29 is 9.79 Å². The maximum absolute atomic E-state index is 11.2. The third kappa shape index (κ3) is 1.68. The average molecular weight is 169 g/mol. The van der Waals surface area contributed by atoms with Crippen LogP contribution in [0.15, 0.2) is 47.2 Å². The molecule has 0 radical (unpaired) electrons. The lowest BCUT2D eigenvalue weighted by Crippen LogP contribution is -1.93. The highest BCUT2D eigenvalue weighted by molar-refractivity contribution is 7.94. The summed E-state index contributed by atoms with van der Waals surface area (Å²) in [6.07, 6.45) is 0. The first-order valence-corrected chi connectivity index (χ1v) is 4.49. The monoisotopic (exact) mass is 169 g/mol. The molecule has 0 heterocycles. The Hall–Kier alpha value is -1.09. The third-order valence-electron chi connectivity index (χ3n) is 1.24. The summed E-state index contributed by atoms with van der Waals surface area (Å²) < 4.78 is 29.4. The second-order valence-corrected chi connectivity index (χ2v) is 3.73. The fourth-order valence-corrected chi connectivity index (χ4v) is 1.37. The fourth-order valence-electron chi connectivity index (χ4n) is 0.683. The molecular formula is C8H8O2S. The molecule has 0 amide bonds. The van der Waals surface area contributed by atoms with Gasteiger partial charge in [-0.15, -0.1) is 0 Å². The van der Waals surface area contributed by atoms with Crippen LogP contribution in [-0.2, 0) is 9.84 Å². The Morgan fingerprint density at radius 1 is 1.36 bits per heavy atom. The molecule has 3 heteroatoms. The maximum atomic E-state index is 11.2. The van der Waals surface area contributed by atoms with Crippen molar-refractivity contribution in [2.75, 3.05) is 0 Å². The Balaban J connectivity index is 3.26. The topological polar surface area (TPSA) is 34.1 Å². The minimum absolute atomic E-state index is 0.116. The number of rotatable bonds is 2. The number of hydrogen-bond donors (Lipinski definition) is 0. The van der Waals surface area contributed by atoms with Gasteiger partial charge < -0.3 is 0 Å². The lowest BCUT2D eigenvalue weighted by atomic mass is 10.4. The summed E-state index contributed by atoms with van der Waals surface area (Å²) in [4.78, 5) is 0.116. The molecule has 0 aliphatic heterocycles. The second kappa shape index (κ2) is 2.88. The predicted molar refractivity (Wildman–Crippen MR) is 43.8 cm³/mol. The van der Waals surface area contributed by atoms with Gasteiger partial charge in [-0.05, 0) is 12.1 Å². The molecule has 0 N–H and O–H groups in total. The molecule has 0 bridgehead atoms. The van der Waals surface area contributed by atoms with Gasteiger partial charge in [-0.25, -0.2) is 8.42 Å². The molecule has 0 aliphatic carbocycles. The van der Waals surface area contributed by atoms with E-state index in [2.05, 4.69) is 6.58 Å². The summed E-state index contributed by atoms with van der Waals surface area (Å²) in [6.45, 7) is 3.08. The Kier molecular flexibility index (Phi) is 1.73. The minimum atomic E-state index is -3.60. The van der Waals surface area contributed by atoms with E-state index in [1.165, 1.54) is 12.1 Å². The van der Waals surface area contributed by atoms with Crippen molar-refractivity contribution in [3.63, 3.8) is 0 Å². The molecule has 1 rings (SSSR count). The number of benzene rings is 1. The second-order valence-electron chi connectivity index (χ2n) is 1.96. The molecule has 2 nitrogen and oxygen atoms in total. The third-order valence-corrected chi connectivity index (χ3v) is 2.52. The minimum Gasteiger partial charge on any atom is -0.219 e. The Bertz CT molecular complexity index is 381. The van der Waals surface area contributed by atoms with Gasteiger partial charge in [-0.2, -0.15) is 0 Å². The van der Waals surface area contributed by atoms with Crippen molar-refractivity contribution in [2.45, 2.75) is 4.90 Å². The summed E-state index contributed by atoms with van der Waals surface area (Å²) in [5.41, 5.74) is 0. The lowest BCUT2D eigenvalue weighted by molar-refractivity contribution is 0.604. The standard InChI is InChI=1S/C8H8O2S/c1-2-11(9,10)8-6-4-3-5-7-8/h2-7H,1H2/i2D. The molecule has 1 aromatic carbocycles. The normalized spacial score (nSPS) is 12.2. The van der Waals surface area contributed by atoms with E-state index >= 15 is 0 Å². The smallest absolute Gasteiger partial charge is 0.199 e. The van der Waals surface area contributed by atoms with Crippen molar-refractivity contribution in [3.8, 4) is 0 Å². The van der Waals surface area contributed by atoms with Crippen LogP contribution in [0.25, 0.3) is 0 Å². The first-order valence-electron chi connectivity index (χ1n) is 3.51. The van der Waals surface area contributed by atoms with Crippen LogP contribution in [0.3, 0.4) is 0 Å².